The lowest BCUT2D eigenvalue weighted by atomic mass is 9.96. The third kappa shape index (κ3) is 4.28. The molecule has 0 saturated carbocycles. The standard InChI is InChI=1S/C21H26N4O3S2/c1-23-19(27)16-12-17(30-20(16)24(2)21(23)28)18(26)22-13-14-5-8-25(9-6-14)10-7-15-4-3-11-29-15/h3-4,11-12,14H,5-10,13H2,1-2H3,(H,22,26). The maximum Gasteiger partial charge on any atom is 0.331 e. The molecule has 0 aromatic carbocycles. The van der Waals surface area contributed by atoms with Crippen LogP contribution in [0.1, 0.15) is 27.4 Å². The van der Waals surface area contributed by atoms with Crippen LogP contribution in [0.2, 0.25) is 0 Å². The third-order valence-electron chi connectivity index (χ3n) is 5.86. The largest absolute Gasteiger partial charge is 0.351 e. The van der Waals surface area contributed by atoms with Gasteiger partial charge in [0.15, 0.2) is 0 Å². The van der Waals surface area contributed by atoms with Gasteiger partial charge in [-0.15, -0.1) is 22.7 Å². The molecule has 3 aromatic heterocycles. The van der Waals surface area contributed by atoms with Gasteiger partial charge in [0.05, 0.1) is 10.3 Å². The van der Waals surface area contributed by atoms with Gasteiger partial charge in [-0.25, -0.2) is 4.79 Å². The van der Waals surface area contributed by atoms with Gasteiger partial charge >= 0.3 is 5.69 Å². The average molecular weight is 447 g/mol. The number of rotatable bonds is 6. The van der Waals surface area contributed by atoms with Crippen LogP contribution in [-0.4, -0.2) is 46.1 Å². The number of carbonyl (C=O) groups excluding carboxylic acids is 1. The maximum atomic E-state index is 12.6. The normalized spacial score (nSPS) is 15.7. The zero-order valence-electron chi connectivity index (χ0n) is 17.2. The first-order chi connectivity index (χ1) is 14.4. The molecule has 1 fully saturated rings. The second-order valence-electron chi connectivity index (χ2n) is 7.86. The average Bonchev–Trinajstić information content (AvgIpc) is 3.44. The molecule has 0 radical (unpaired) electrons. The molecule has 0 atom stereocenters. The van der Waals surface area contributed by atoms with Crippen molar-refractivity contribution in [2.75, 3.05) is 26.2 Å². The molecule has 4 heterocycles. The molecule has 1 saturated heterocycles. The number of piperidine rings is 1. The SMILES string of the molecule is Cn1c(=O)c2cc(C(=O)NCC3CCN(CCc4cccs4)CC3)sc2n(C)c1=O. The summed E-state index contributed by atoms with van der Waals surface area (Å²) in [4.78, 5) is 42.0. The molecule has 3 aromatic rings. The number of aromatic nitrogens is 2. The summed E-state index contributed by atoms with van der Waals surface area (Å²) in [6.45, 7) is 3.86. The molecule has 9 heteroatoms. The Morgan fingerprint density at radius 1 is 1.20 bits per heavy atom. The van der Waals surface area contributed by atoms with Crippen molar-refractivity contribution in [2.45, 2.75) is 19.3 Å². The van der Waals surface area contributed by atoms with Crippen molar-refractivity contribution < 1.29 is 4.79 Å². The zero-order chi connectivity index (χ0) is 21.3. The number of hydrogen-bond acceptors (Lipinski definition) is 6. The molecular formula is C21H26N4O3S2. The highest BCUT2D eigenvalue weighted by atomic mass is 32.1. The topological polar surface area (TPSA) is 76.3 Å². The molecule has 0 bridgehead atoms. The summed E-state index contributed by atoms with van der Waals surface area (Å²) in [5.74, 6) is 0.296. The highest BCUT2D eigenvalue weighted by Gasteiger charge is 2.21. The van der Waals surface area contributed by atoms with Crippen molar-refractivity contribution in [3.8, 4) is 0 Å². The monoisotopic (exact) mass is 446 g/mol. The number of nitrogens with zero attached hydrogens (tertiary/aromatic N) is 3. The Hall–Kier alpha value is -2.23. The van der Waals surface area contributed by atoms with Gasteiger partial charge in [-0.2, -0.15) is 0 Å². The number of carbonyl (C=O) groups is 1. The molecular weight excluding hydrogens is 420 g/mol. The van der Waals surface area contributed by atoms with Gasteiger partial charge in [-0.05, 0) is 55.8 Å². The number of hydrogen-bond donors (Lipinski definition) is 1. The van der Waals surface area contributed by atoms with E-state index in [2.05, 4.69) is 27.7 Å². The van der Waals surface area contributed by atoms with Gasteiger partial charge in [0.1, 0.15) is 4.83 Å². The minimum Gasteiger partial charge on any atom is -0.351 e. The predicted molar refractivity (Wildman–Crippen MR) is 122 cm³/mol. The number of amides is 1. The molecule has 1 N–H and O–H groups in total. The molecule has 4 rings (SSSR count). The van der Waals surface area contributed by atoms with Crippen LogP contribution in [0.3, 0.4) is 0 Å². The summed E-state index contributed by atoms with van der Waals surface area (Å²) in [5, 5.41) is 5.56. The van der Waals surface area contributed by atoms with E-state index >= 15 is 0 Å². The van der Waals surface area contributed by atoms with Crippen LogP contribution in [0, 0.1) is 5.92 Å². The van der Waals surface area contributed by atoms with Crippen molar-refractivity contribution in [2.24, 2.45) is 20.0 Å². The fourth-order valence-electron chi connectivity index (χ4n) is 3.94. The fraction of sp³-hybridized carbons (Fsp3) is 0.476. The molecule has 1 aliphatic heterocycles. The summed E-state index contributed by atoms with van der Waals surface area (Å²) in [5.41, 5.74) is -0.745. The van der Waals surface area contributed by atoms with Crippen LogP contribution < -0.4 is 16.6 Å². The van der Waals surface area contributed by atoms with Crippen molar-refractivity contribution in [1.29, 1.82) is 0 Å². The Kier molecular flexibility index (Phi) is 6.21. The molecule has 0 unspecified atom stereocenters. The molecule has 0 spiro atoms. The van der Waals surface area contributed by atoms with E-state index in [-0.39, 0.29) is 17.2 Å². The summed E-state index contributed by atoms with van der Waals surface area (Å²) < 4.78 is 2.49. The summed E-state index contributed by atoms with van der Waals surface area (Å²) in [7, 11) is 3.07. The Bertz CT molecular complexity index is 1150. The fourth-order valence-corrected chi connectivity index (χ4v) is 5.66. The van der Waals surface area contributed by atoms with E-state index in [4.69, 9.17) is 0 Å². The van der Waals surface area contributed by atoms with Crippen molar-refractivity contribution in [1.82, 2.24) is 19.4 Å². The Balaban J connectivity index is 1.31. The van der Waals surface area contributed by atoms with E-state index in [1.54, 1.807) is 13.1 Å². The second-order valence-corrected chi connectivity index (χ2v) is 9.92. The van der Waals surface area contributed by atoms with Crippen molar-refractivity contribution in [3.63, 3.8) is 0 Å². The van der Waals surface area contributed by atoms with Crippen molar-refractivity contribution in [3.05, 3.63) is 54.2 Å². The van der Waals surface area contributed by atoms with Gasteiger partial charge in [0.2, 0.25) is 0 Å². The highest BCUT2D eigenvalue weighted by Crippen LogP contribution is 2.22. The van der Waals surface area contributed by atoms with Gasteiger partial charge < -0.3 is 10.2 Å². The summed E-state index contributed by atoms with van der Waals surface area (Å²) in [6.07, 6.45) is 3.26. The summed E-state index contributed by atoms with van der Waals surface area (Å²) >= 11 is 3.00. The van der Waals surface area contributed by atoms with Crippen LogP contribution >= 0.6 is 22.7 Å². The number of fused-ring (bicyclic) bond motifs is 1. The summed E-state index contributed by atoms with van der Waals surface area (Å²) in [6, 6.07) is 5.89. The first kappa shape index (κ1) is 21.0. The predicted octanol–water partition coefficient (Wildman–Crippen LogP) is 2.04. The van der Waals surface area contributed by atoms with Gasteiger partial charge in [0, 0.05) is 32.1 Å². The smallest absolute Gasteiger partial charge is 0.331 e. The zero-order valence-corrected chi connectivity index (χ0v) is 18.9. The van der Waals surface area contributed by atoms with E-state index in [1.165, 1.54) is 27.8 Å². The molecule has 30 heavy (non-hydrogen) atoms. The second kappa shape index (κ2) is 8.87. The Morgan fingerprint density at radius 3 is 2.67 bits per heavy atom. The van der Waals surface area contributed by atoms with Gasteiger partial charge in [0.25, 0.3) is 11.5 Å². The van der Waals surface area contributed by atoms with E-state index in [0.29, 0.717) is 27.6 Å². The third-order valence-corrected chi connectivity index (χ3v) is 8.01. The lowest BCUT2D eigenvalue weighted by Gasteiger charge is -2.31. The number of nitrogens with one attached hydrogen (secondary N) is 1. The van der Waals surface area contributed by atoms with Crippen LogP contribution in [0.25, 0.3) is 10.2 Å². The van der Waals surface area contributed by atoms with E-state index in [1.807, 2.05) is 11.3 Å². The quantitative estimate of drug-likeness (QED) is 0.629. The Labute approximate surface area is 182 Å². The molecule has 1 aliphatic rings. The van der Waals surface area contributed by atoms with Crippen LogP contribution in [0.15, 0.2) is 33.2 Å². The number of likely N-dealkylation sites (tertiary alicyclic amines) is 1. The van der Waals surface area contributed by atoms with E-state index in [9.17, 15) is 14.4 Å². The molecule has 1 amide bonds. The van der Waals surface area contributed by atoms with Crippen molar-refractivity contribution >= 4 is 38.8 Å². The van der Waals surface area contributed by atoms with Gasteiger partial charge in [-0.1, -0.05) is 6.07 Å². The minimum absolute atomic E-state index is 0.175. The van der Waals surface area contributed by atoms with E-state index < -0.39 is 0 Å². The van der Waals surface area contributed by atoms with Crippen LogP contribution in [0.5, 0.6) is 0 Å². The lowest BCUT2D eigenvalue weighted by molar-refractivity contribution is 0.0940. The molecule has 7 nitrogen and oxygen atoms in total. The number of thiophene rings is 2. The van der Waals surface area contributed by atoms with Gasteiger partial charge in [-0.3, -0.25) is 18.7 Å². The lowest BCUT2D eigenvalue weighted by Crippen LogP contribution is -2.39. The van der Waals surface area contributed by atoms with E-state index in [0.717, 1.165) is 43.5 Å². The first-order valence-corrected chi connectivity index (χ1v) is 11.9. The van der Waals surface area contributed by atoms with Crippen LogP contribution in [-0.2, 0) is 20.5 Å². The molecule has 0 aliphatic carbocycles. The van der Waals surface area contributed by atoms with Crippen LogP contribution in [0.4, 0.5) is 0 Å². The maximum absolute atomic E-state index is 12.6. The Morgan fingerprint density at radius 2 is 1.97 bits per heavy atom. The molecule has 160 valence electrons. The highest BCUT2D eigenvalue weighted by molar-refractivity contribution is 7.20. The number of aryl methyl sites for hydroxylation is 1. The first-order valence-electron chi connectivity index (χ1n) is 10.2. The minimum atomic E-state index is -0.382.